The van der Waals surface area contributed by atoms with Crippen molar-refractivity contribution in [2.75, 3.05) is 14.2 Å². The molecule has 0 saturated heterocycles. The predicted molar refractivity (Wildman–Crippen MR) is 83.3 cm³/mol. The second-order valence-electron chi connectivity index (χ2n) is 5.74. The van der Waals surface area contributed by atoms with E-state index in [-0.39, 0.29) is 0 Å². The lowest BCUT2D eigenvalue weighted by Crippen LogP contribution is -2.47. The maximum Gasteiger partial charge on any atom is 0.282 e. The smallest absolute Gasteiger partial charge is 0.282 e. The van der Waals surface area contributed by atoms with E-state index in [4.69, 9.17) is 18.9 Å². The summed E-state index contributed by atoms with van der Waals surface area (Å²) in [6.07, 6.45) is 0.369. The van der Waals surface area contributed by atoms with Crippen LogP contribution in [0.4, 0.5) is 0 Å². The number of aliphatic hydroxyl groups excluding tert-OH is 1. The van der Waals surface area contributed by atoms with Gasteiger partial charge in [-0.2, -0.15) is 0 Å². The van der Waals surface area contributed by atoms with Crippen molar-refractivity contribution in [1.82, 2.24) is 0 Å². The summed E-state index contributed by atoms with van der Waals surface area (Å²) in [6.45, 7) is 0. The molecule has 0 radical (unpaired) electrons. The Labute approximate surface area is 134 Å². The molecule has 0 unspecified atom stereocenters. The van der Waals surface area contributed by atoms with Gasteiger partial charge >= 0.3 is 0 Å². The van der Waals surface area contributed by atoms with E-state index in [9.17, 15) is 5.11 Å². The van der Waals surface area contributed by atoms with Crippen LogP contribution in [0, 0.1) is 0 Å². The van der Waals surface area contributed by atoms with Crippen LogP contribution in [-0.4, -0.2) is 25.1 Å². The highest BCUT2D eigenvalue weighted by Crippen LogP contribution is 2.55. The Morgan fingerprint density at radius 3 is 2.57 bits per heavy atom. The topological polar surface area (TPSA) is 57.2 Å². The first kappa shape index (κ1) is 14.2. The predicted octanol–water partition coefficient (Wildman–Crippen LogP) is 2.85. The third kappa shape index (κ3) is 1.96. The quantitative estimate of drug-likeness (QED) is 0.924. The van der Waals surface area contributed by atoms with Crippen LogP contribution in [0.2, 0.25) is 0 Å². The molecule has 23 heavy (non-hydrogen) atoms. The van der Waals surface area contributed by atoms with Crippen LogP contribution < -0.4 is 18.9 Å². The Hall–Kier alpha value is -2.40. The van der Waals surface area contributed by atoms with E-state index < -0.39 is 11.9 Å². The highest BCUT2D eigenvalue weighted by atomic mass is 16.7. The van der Waals surface area contributed by atoms with Crippen molar-refractivity contribution in [2.24, 2.45) is 0 Å². The number of benzene rings is 2. The van der Waals surface area contributed by atoms with E-state index in [0.717, 1.165) is 17.7 Å². The number of methoxy groups -OCH3 is 2. The number of hydrogen-bond acceptors (Lipinski definition) is 5. The summed E-state index contributed by atoms with van der Waals surface area (Å²) in [7, 11) is 3.14. The minimum Gasteiger partial charge on any atom is -0.496 e. The number of para-hydroxylation sites is 1. The fourth-order valence-electron chi connectivity index (χ4n) is 3.33. The van der Waals surface area contributed by atoms with Gasteiger partial charge in [-0.3, -0.25) is 0 Å². The Morgan fingerprint density at radius 2 is 1.78 bits per heavy atom. The second kappa shape index (κ2) is 5.06. The van der Waals surface area contributed by atoms with Crippen molar-refractivity contribution in [3.63, 3.8) is 0 Å². The number of ether oxygens (including phenoxy) is 4. The maximum absolute atomic E-state index is 10.9. The van der Waals surface area contributed by atoms with E-state index in [0.29, 0.717) is 29.2 Å². The summed E-state index contributed by atoms with van der Waals surface area (Å²) >= 11 is 0. The third-order valence-corrected chi connectivity index (χ3v) is 4.52. The first-order valence-electron chi connectivity index (χ1n) is 7.57. The normalized spacial score (nSPS) is 24.4. The summed E-state index contributed by atoms with van der Waals surface area (Å²) in [4.78, 5) is 0. The van der Waals surface area contributed by atoms with Gasteiger partial charge in [-0.25, -0.2) is 0 Å². The summed E-state index contributed by atoms with van der Waals surface area (Å²) in [5.41, 5.74) is 1.69. The van der Waals surface area contributed by atoms with Gasteiger partial charge in [-0.05, 0) is 30.2 Å². The van der Waals surface area contributed by atoms with Gasteiger partial charge in [0.05, 0.1) is 19.8 Å². The van der Waals surface area contributed by atoms with Crippen LogP contribution in [0.25, 0.3) is 0 Å². The fourth-order valence-corrected chi connectivity index (χ4v) is 3.33. The van der Waals surface area contributed by atoms with Gasteiger partial charge in [0.1, 0.15) is 11.5 Å². The van der Waals surface area contributed by atoms with Crippen LogP contribution in [0.1, 0.15) is 23.7 Å². The molecule has 2 heterocycles. The van der Waals surface area contributed by atoms with E-state index in [1.54, 1.807) is 26.4 Å². The lowest BCUT2D eigenvalue weighted by atomic mass is 9.93. The molecule has 1 N–H and O–H groups in total. The molecular weight excluding hydrogens is 296 g/mol. The van der Waals surface area contributed by atoms with Gasteiger partial charge in [0.15, 0.2) is 17.6 Å². The third-order valence-electron chi connectivity index (χ3n) is 4.52. The molecule has 2 aromatic rings. The van der Waals surface area contributed by atoms with Crippen molar-refractivity contribution >= 4 is 0 Å². The average molecular weight is 314 g/mol. The highest BCUT2D eigenvalue weighted by molar-refractivity contribution is 5.58. The molecule has 120 valence electrons. The van der Waals surface area contributed by atoms with Crippen LogP contribution in [0.5, 0.6) is 23.0 Å². The maximum atomic E-state index is 10.9. The van der Waals surface area contributed by atoms with Crippen molar-refractivity contribution in [2.45, 2.75) is 24.7 Å². The SMILES string of the molecule is COc1ccc(OC)c2c1O[C@]1(CCc3ccccc3O1)[C@@H]2O. The van der Waals surface area contributed by atoms with E-state index >= 15 is 0 Å². The summed E-state index contributed by atoms with van der Waals surface area (Å²) in [5.74, 6) is 1.20. The molecule has 5 nitrogen and oxygen atoms in total. The van der Waals surface area contributed by atoms with Crippen molar-refractivity contribution < 1.29 is 24.1 Å². The summed E-state index contributed by atoms with van der Waals surface area (Å²) in [6, 6.07) is 11.3. The van der Waals surface area contributed by atoms with E-state index in [1.807, 2.05) is 24.3 Å². The van der Waals surface area contributed by atoms with Crippen LogP contribution in [-0.2, 0) is 6.42 Å². The Morgan fingerprint density at radius 1 is 1.04 bits per heavy atom. The monoisotopic (exact) mass is 314 g/mol. The number of fused-ring (bicyclic) bond motifs is 2. The number of hydrogen-bond donors (Lipinski definition) is 1. The Bertz CT molecular complexity index is 757. The van der Waals surface area contributed by atoms with Gasteiger partial charge in [0, 0.05) is 6.42 Å². The minimum absolute atomic E-state index is 0.485. The molecule has 1 spiro atoms. The van der Waals surface area contributed by atoms with Crippen LogP contribution in [0.15, 0.2) is 36.4 Å². The van der Waals surface area contributed by atoms with E-state index in [2.05, 4.69) is 0 Å². The van der Waals surface area contributed by atoms with Gasteiger partial charge in [0.2, 0.25) is 0 Å². The molecule has 0 aliphatic carbocycles. The zero-order valence-corrected chi connectivity index (χ0v) is 13.0. The Balaban J connectivity index is 1.80. The highest BCUT2D eigenvalue weighted by Gasteiger charge is 2.54. The second-order valence-corrected chi connectivity index (χ2v) is 5.74. The molecule has 2 aromatic carbocycles. The lowest BCUT2D eigenvalue weighted by molar-refractivity contribution is -0.180. The molecule has 2 atom stereocenters. The summed E-state index contributed by atoms with van der Waals surface area (Å²) in [5, 5.41) is 10.9. The molecule has 0 fully saturated rings. The average Bonchev–Trinajstić information content (AvgIpc) is 2.87. The zero-order valence-electron chi connectivity index (χ0n) is 13.0. The molecule has 2 aliphatic heterocycles. The lowest BCUT2D eigenvalue weighted by Gasteiger charge is -2.36. The largest absolute Gasteiger partial charge is 0.496 e. The van der Waals surface area contributed by atoms with Gasteiger partial charge < -0.3 is 24.1 Å². The first-order valence-corrected chi connectivity index (χ1v) is 7.57. The van der Waals surface area contributed by atoms with Gasteiger partial charge in [0.25, 0.3) is 5.79 Å². The standard InChI is InChI=1S/C18H18O5/c1-20-13-7-8-14(21-2)16-15(13)17(19)18(23-16)10-9-11-5-3-4-6-12(11)22-18/h3-8,17,19H,9-10H2,1-2H3/t17-,18-/m1/s1. The molecule has 5 heteroatoms. The molecule has 2 aliphatic rings. The molecule has 4 rings (SSSR count). The molecule has 0 bridgehead atoms. The first-order chi connectivity index (χ1) is 11.2. The Kier molecular flexibility index (Phi) is 3.13. The van der Waals surface area contributed by atoms with Crippen molar-refractivity contribution in [1.29, 1.82) is 0 Å². The van der Waals surface area contributed by atoms with E-state index in [1.165, 1.54) is 0 Å². The van der Waals surface area contributed by atoms with Crippen LogP contribution >= 0.6 is 0 Å². The molecule has 0 aromatic heterocycles. The van der Waals surface area contributed by atoms with Gasteiger partial charge in [-0.1, -0.05) is 18.2 Å². The number of aliphatic hydroxyl groups is 1. The van der Waals surface area contributed by atoms with Crippen LogP contribution in [0.3, 0.4) is 0 Å². The fraction of sp³-hybridized carbons (Fsp3) is 0.333. The van der Waals surface area contributed by atoms with Gasteiger partial charge in [-0.15, -0.1) is 0 Å². The molecule has 0 saturated carbocycles. The number of rotatable bonds is 2. The van der Waals surface area contributed by atoms with Crippen molar-refractivity contribution in [3.8, 4) is 23.0 Å². The number of aryl methyl sites for hydroxylation is 1. The summed E-state index contributed by atoms with van der Waals surface area (Å²) < 4.78 is 22.9. The molecule has 0 amide bonds. The van der Waals surface area contributed by atoms with Crippen molar-refractivity contribution in [3.05, 3.63) is 47.5 Å². The zero-order chi connectivity index (χ0) is 16.0. The molecular formula is C18H18O5. The minimum atomic E-state index is -1.14.